The second-order valence-corrected chi connectivity index (χ2v) is 6.10. The summed E-state index contributed by atoms with van der Waals surface area (Å²) in [4.78, 5) is 12.4. The zero-order valence-corrected chi connectivity index (χ0v) is 13.3. The Morgan fingerprint density at radius 2 is 2.17 bits per heavy atom. The molecule has 1 unspecified atom stereocenters. The first-order valence-electron chi connectivity index (χ1n) is 8.18. The number of nitrogens with one attached hydrogen (secondary N) is 2. The van der Waals surface area contributed by atoms with E-state index in [2.05, 4.69) is 20.6 Å². The number of aryl methyl sites for hydroxylation is 1. The highest BCUT2D eigenvalue weighted by Crippen LogP contribution is 2.20. The van der Waals surface area contributed by atoms with Crippen molar-refractivity contribution >= 4 is 5.91 Å². The fourth-order valence-corrected chi connectivity index (χ4v) is 3.13. The number of fused-ring (bicyclic) bond motifs is 1. The summed E-state index contributed by atoms with van der Waals surface area (Å²) in [5.41, 5.74) is 3.99. The molecule has 1 aromatic carbocycles. The van der Waals surface area contributed by atoms with Crippen LogP contribution in [0.2, 0.25) is 0 Å². The summed E-state index contributed by atoms with van der Waals surface area (Å²) in [6.07, 6.45) is 3.38. The van der Waals surface area contributed by atoms with Crippen molar-refractivity contribution in [1.82, 2.24) is 25.3 Å². The van der Waals surface area contributed by atoms with E-state index in [4.69, 9.17) is 0 Å². The molecule has 0 spiro atoms. The largest absolute Gasteiger partial charge is 0.350 e. The number of carbonyl (C=O) groups excluding carboxylic acids is 1. The van der Waals surface area contributed by atoms with Gasteiger partial charge < -0.3 is 5.32 Å². The molecule has 1 atom stereocenters. The molecule has 0 fully saturated rings. The lowest BCUT2D eigenvalue weighted by Crippen LogP contribution is -2.35. The molecule has 24 heavy (non-hydrogen) atoms. The monoisotopic (exact) mass is 321 g/mol. The fourth-order valence-electron chi connectivity index (χ4n) is 3.13. The molecule has 1 amide bonds. The Labute approximate surface area is 139 Å². The average Bonchev–Trinajstić information content (AvgIpc) is 3.29. The molecule has 6 heteroatoms. The molecule has 0 saturated heterocycles. The summed E-state index contributed by atoms with van der Waals surface area (Å²) in [6, 6.07) is 13.9. The topological polar surface area (TPSA) is 75.6 Å². The lowest BCUT2D eigenvalue weighted by atomic mass is 9.95. The molecule has 6 nitrogen and oxygen atoms in total. The summed E-state index contributed by atoms with van der Waals surface area (Å²) < 4.78 is 1.98. The van der Waals surface area contributed by atoms with Gasteiger partial charge in [0.25, 0.3) is 0 Å². The van der Waals surface area contributed by atoms with E-state index in [0.29, 0.717) is 6.54 Å². The number of nitrogens with zero attached hydrogens (tertiary/aromatic N) is 3. The zero-order chi connectivity index (χ0) is 16.4. The van der Waals surface area contributed by atoms with Crippen molar-refractivity contribution in [3.05, 3.63) is 60.0 Å². The number of aromatic nitrogens is 4. The normalized spacial score (nSPS) is 16.6. The lowest BCUT2D eigenvalue weighted by Gasteiger charge is -2.22. The second-order valence-electron chi connectivity index (χ2n) is 6.10. The number of H-pyrrole nitrogens is 1. The number of aromatic amines is 1. The zero-order valence-electron chi connectivity index (χ0n) is 13.3. The highest BCUT2D eigenvalue weighted by molar-refractivity contribution is 5.79. The van der Waals surface area contributed by atoms with Gasteiger partial charge in [0.15, 0.2) is 0 Å². The van der Waals surface area contributed by atoms with Crippen LogP contribution in [0.1, 0.15) is 17.8 Å². The molecule has 122 valence electrons. The Morgan fingerprint density at radius 1 is 1.29 bits per heavy atom. The molecule has 3 aromatic rings. The molecule has 0 saturated carbocycles. The maximum atomic E-state index is 12.4. The van der Waals surface area contributed by atoms with Gasteiger partial charge in [-0.15, -0.1) is 0 Å². The van der Waals surface area contributed by atoms with Gasteiger partial charge in [-0.3, -0.25) is 14.6 Å². The van der Waals surface area contributed by atoms with Gasteiger partial charge in [0.1, 0.15) is 0 Å². The number of carbonyl (C=O) groups is 1. The highest BCUT2D eigenvalue weighted by atomic mass is 16.1. The summed E-state index contributed by atoms with van der Waals surface area (Å²) >= 11 is 0. The van der Waals surface area contributed by atoms with Gasteiger partial charge in [0.05, 0.1) is 17.9 Å². The van der Waals surface area contributed by atoms with E-state index in [1.807, 2.05) is 47.1 Å². The minimum atomic E-state index is 0.0192. The number of hydrogen-bond donors (Lipinski definition) is 2. The minimum Gasteiger partial charge on any atom is -0.350 e. The average molecular weight is 321 g/mol. The first-order valence-corrected chi connectivity index (χ1v) is 8.18. The predicted octanol–water partition coefficient (Wildman–Crippen LogP) is 2.15. The van der Waals surface area contributed by atoms with Gasteiger partial charge in [-0.1, -0.05) is 30.3 Å². The van der Waals surface area contributed by atoms with Crippen LogP contribution >= 0.6 is 0 Å². The third-order valence-electron chi connectivity index (χ3n) is 4.47. The first kappa shape index (κ1) is 14.7. The molecule has 1 aliphatic heterocycles. The minimum absolute atomic E-state index is 0.0192. The Bertz CT molecular complexity index is 836. The van der Waals surface area contributed by atoms with Gasteiger partial charge in [-0.2, -0.15) is 10.2 Å². The molecule has 0 radical (unpaired) electrons. The van der Waals surface area contributed by atoms with Crippen LogP contribution in [0.4, 0.5) is 0 Å². The molecular weight excluding hydrogens is 302 g/mol. The second kappa shape index (κ2) is 6.31. The van der Waals surface area contributed by atoms with Crippen LogP contribution < -0.4 is 5.32 Å². The van der Waals surface area contributed by atoms with Crippen LogP contribution in [-0.2, 0) is 24.3 Å². The first-order chi connectivity index (χ1) is 11.8. The molecule has 0 bridgehead atoms. The van der Waals surface area contributed by atoms with Gasteiger partial charge >= 0.3 is 0 Å². The third kappa shape index (κ3) is 2.95. The maximum absolute atomic E-state index is 12.4. The smallest absolute Gasteiger partial charge is 0.223 e. The number of amides is 1. The standard InChI is InChI=1S/C18H19N5O/c24-18(14-7-9-23-16(10-14)6-8-20-23)19-12-15-11-17(22-21-15)13-4-2-1-3-5-13/h1-6,8,11,14H,7,9-10,12H2,(H,19,24)(H,21,22). The molecule has 2 aromatic heterocycles. The SMILES string of the molecule is O=C(NCc1cc(-c2ccccc2)n[nH]1)C1CCn2nccc2C1. The van der Waals surface area contributed by atoms with Crippen molar-refractivity contribution in [2.75, 3.05) is 0 Å². The molecule has 1 aliphatic rings. The van der Waals surface area contributed by atoms with Crippen molar-refractivity contribution in [2.45, 2.75) is 25.9 Å². The van der Waals surface area contributed by atoms with Crippen LogP contribution in [-0.4, -0.2) is 25.9 Å². The highest BCUT2D eigenvalue weighted by Gasteiger charge is 2.24. The molecular formula is C18H19N5O. The van der Waals surface area contributed by atoms with E-state index in [-0.39, 0.29) is 11.8 Å². The summed E-state index contributed by atoms with van der Waals surface area (Å²) in [7, 11) is 0. The molecule has 4 rings (SSSR count). The van der Waals surface area contributed by atoms with E-state index in [0.717, 1.165) is 42.0 Å². The van der Waals surface area contributed by atoms with Crippen molar-refractivity contribution in [3.8, 4) is 11.3 Å². The fraction of sp³-hybridized carbons (Fsp3) is 0.278. The number of hydrogen-bond acceptors (Lipinski definition) is 3. The summed E-state index contributed by atoms with van der Waals surface area (Å²) in [5.74, 6) is 0.115. The van der Waals surface area contributed by atoms with Gasteiger partial charge in [0.2, 0.25) is 5.91 Å². The number of benzene rings is 1. The van der Waals surface area contributed by atoms with Crippen molar-refractivity contribution < 1.29 is 4.79 Å². The van der Waals surface area contributed by atoms with Crippen LogP contribution in [0, 0.1) is 5.92 Å². The van der Waals surface area contributed by atoms with Crippen molar-refractivity contribution in [1.29, 1.82) is 0 Å². The maximum Gasteiger partial charge on any atom is 0.223 e. The summed E-state index contributed by atoms with van der Waals surface area (Å²) in [6.45, 7) is 1.27. The van der Waals surface area contributed by atoms with E-state index in [1.165, 1.54) is 0 Å². The van der Waals surface area contributed by atoms with E-state index in [9.17, 15) is 4.79 Å². The van der Waals surface area contributed by atoms with Gasteiger partial charge in [0, 0.05) is 36.3 Å². The van der Waals surface area contributed by atoms with E-state index < -0.39 is 0 Å². The predicted molar refractivity (Wildman–Crippen MR) is 89.9 cm³/mol. The molecule has 0 aliphatic carbocycles. The van der Waals surface area contributed by atoms with Crippen LogP contribution in [0.3, 0.4) is 0 Å². The molecule has 3 heterocycles. The Kier molecular flexibility index (Phi) is 3.86. The lowest BCUT2D eigenvalue weighted by molar-refractivity contribution is -0.125. The summed E-state index contributed by atoms with van der Waals surface area (Å²) in [5, 5.41) is 14.6. The molecule has 2 N–H and O–H groups in total. The Morgan fingerprint density at radius 3 is 3.04 bits per heavy atom. The van der Waals surface area contributed by atoms with Gasteiger partial charge in [-0.05, 0) is 18.6 Å². The quantitative estimate of drug-likeness (QED) is 0.773. The van der Waals surface area contributed by atoms with E-state index >= 15 is 0 Å². The van der Waals surface area contributed by atoms with Gasteiger partial charge in [-0.25, -0.2) is 0 Å². The van der Waals surface area contributed by atoms with Crippen molar-refractivity contribution in [3.63, 3.8) is 0 Å². The Balaban J connectivity index is 1.36. The van der Waals surface area contributed by atoms with Crippen molar-refractivity contribution in [2.24, 2.45) is 5.92 Å². The van der Waals surface area contributed by atoms with E-state index in [1.54, 1.807) is 6.20 Å². The van der Waals surface area contributed by atoms with Crippen LogP contribution in [0.25, 0.3) is 11.3 Å². The Hall–Kier alpha value is -2.89. The third-order valence-corrected chi connectivity index (χ3v) is 4.47. The van der Waals surface area contributed by atoms with Crippen LogP contribution in [0.15, 0.2) is 48.7 Å². The number of rotatable bonds is 4. The van der Waals surface area contributed by atoms with Crippen LogP contribution in [0.5, 0.6) is 0 Å².